The van der Waals surface area contributed by atoms with Crippen molar-refractivity contribution in [2.75, 3.05) is 7.05 Å². The third kappa shape index (κ3) is 4.85. The first-order valence-electron chi connectivity index (χ1n) is 7.71. The summed E-state index contributed by atoms with van der Waals surface area (Å²) in [4.78, 5) is 4.43. The standard InChI is InChI=1S/C17H30N2/c1-5-9-13(2)14(3)17(19-4)12-16(18)15-10-7-6-8-11-15/h12,14-15H,2,5-11,18H2,1,3-4H3. The predicted molar refractivity (Wildman–Crippen MR) is 85.4 cm³/mol. The van der Waals surface area contributed by atoms with Crippen LogP contribution in [0.2, 0.25) is 0 Å². The Labute approximate surface area is 118 Å². The third-order valence-corrected chi connectivity index (χ3v) is 4.28. The normalized spacial score (nSPS) is 20.4. The van der Waals surface area contributed by atoms with Gasteiger partial charge < -0.3 is 5.73 Å². The molecule has 1 unspecified atom stereocenters. The van der Waals surface area contributed by atoms with Gasteiger partial charge in [0, 0.05) is 24.4 Å². The highest BCUT2D eigenvalue weighted by atomic mass is 14.7. The van der Waals surface area contributed by atoms with Crippen molar-refractivity contribution in [3.8, 4) is 0 Å². The Morgan fingerprint density at radius 2 is 2.00 bits per heavy atom. The second-order valence-corrected chi connectivity index (χ2v) is 5.76. The van der Waals surface area contributed by atoms with Crippen molar-refractivity contribution in [1.82, 2.24) is 0 Å². The Balaban J connectivity index is 2.71. The fraction of sp³-hybridized carbons (Fsp3) is 0.706. The summed E-state index contributed by atoms with van der Waals surface area (Å²) in [6.07, 6.45) is 10.8. The molecule has 0 spiro atoms. The average molecular weight is 262 g/mol. The summed E-state index contributed by atoms with van der Waals surface area (Å²) in [7, 11) is 1.86. The molecular weight excluding hydrogens is 232 g/mol. The Morgan fingerprint density at radius 3 is 2.53 bits per heavy atom. The smallest absolute Gasteiger partial charge is 0.0430 e. The second kappa shape index (κ2) is 8.19. The van der Waals surface area contributed by atoms with Crippen LogP contribution in [0, 0.1) is 11.8 Å². The minimum absolute atomic E-state index is 0.312. The van der Waals surface area contributed by atoms with E-state index in [1.807, 2.05) is 7.05 Å². The molecule has 1 rings (SSSR count). The lowest BCUT2D eigenvalue weighted by atomic mass is 9.85. The molecule has 1 saturated carbocycles. The Hall–Kier alpha value is -1.05. The first-order valence-corrected chi connectivity index (χ1v) is 7.71. The van der Waals surface area contributed by atoms with Crippen LogP contribution in [-0.2, 0) is 0 Å². The molecule has 0 amide bonds. The number of aliphatic imine (C=N–C) groups is 1. The van der Waals surface area contributed by atoms with Crippen LogP contribution in [0.1, 0.15) is 58.8 Å². The van der Waals surface area contributed by atoms with Crippen molar-refractivity contribution in [3.05, 3.63) is 23.9 Å². The Morgan fingerprint density at radius 1 is 1.37 bits per heavy atom. The van der Waals surface area contributed by atoms with Gasteiger partial charge in [-0.15, -0.1) is 0 Å². The van der Waals surface area contributed by atoms with Crippen LogP contribution in [0.25, 0.3) is 0 Å². The highest BCUT2D eigenvalue weighted by Gasteiger charge is 2.18. The van der Waals surface area contributed by atoms with E-state index in [4.69, 9.17) is 5.73 Å². The zero-order chi connectivity index (χ0) is 14.3. The minimum Gasteiger partial charge on any atom is -0.402 e. The van der Waals surface area contributed by atoms with Gasteiger partial charge in [0.25, 0.3) is 0 Å². The van der Waals surface area contributed by atoms with Gasteiger partial charge in [-0.1, -0.05) is 51.7 Å². The molecule has 1 aliphatic carbocycles. The van der Waals surface area contributed by atoms with Gasteiger partial charge in [0.1, 0.15) is 0 Å². The molecule has 0 bridgehead atoms. The Bertz CT molecular complexity index is 346. The van der Waals surface area contributed by atoms with Crippen LogP contribution in [0.15, 0.2) is 28.9 Å². The molecule has 1 fully saturated rings. The number of allylic oxidation sites excluding steroid dienone is 3. The van der Waals surface area contributed by atoms with Gasteiger partial charge in [-0.2, -0.15) is 0 Å². The van der Waals surface area contributed by atoms with Gasteiger partial charge in [-0.3, -0.25) is 4.99 Å². The molecule has 0 aliphatic heterocycles. The van der Waals surface area contributed by atoms with Crippen molar-refractivity contribution >= 4 is 5.71 Å². The van der Waals surface area contributed by atoms with E-state index in [1.165, 1.54) is 37.7 Å². The molecule has 2 heteroatoms. The zero-order valence-electron chi connectivity index (χ0n) is 12.9. The molecule has 0 aromatic carbocycles. The van der Waals surface area contributed by atoms with Gasteiger partial charge in [-0.05, 0) is 31.3 Å². The third-order valence-electron chi connectivity index (χ3n) is 4.28. The minimum atomic E-state index is 0.312. The van der Waals surface area contributed by atoms with Crippen LogP contribution in [-0.4, -0.2) is 12.8 Å². The molecule has 108 valence electrons. The summed E-state index contributed by atoms with van der Waals surface area (Å²) in [5, 5.41) is 0. The number of nitrogens with zero attached hydrogens (tertiary/aromatic N) is 1. The lowest BCUT2D eigenvalue weighted by Gasteiger charge is -2.23. The molecule has 1 aliphatic rings. The van der Waals surface area contributed by atoms with Crippen LogP contribution >= 0.6 is 0 Å². The molecule has 2 nitrogen and oxygen atoms in total. The van der Waals surface area contributed by atoms with Crippen molar-refractivity contribution in [2.24, 2.45) is 22.6 Å². The summed E-state index contributed by atoms with van der Waals surface area (Å²) in [6, 6.07) is 0. The van der Waals surface area contributed by atoms with E-state index >= 15 is 0 Å². The molecule has 0 aromatic heterocycles. The van der Waals surface area contributed by atoms with Crippen molar-refractivity contribution in [1.29, 1.82) is 0 Å². The maximum absolute atomic E-state index is 6.29. The fourth-order valence-electron chi connectivity index (χ4n) is 2.85. The van der Waals surface area contributed by atoms with E-state index in [0.717, 1.165) is 24.3 Å². The molecule has 2 N–H and O–H groups in total. The van der Waals surface area contributed by atoms with Crippen molar-refractivity contribution < 1.29 is 0 Å². The topological polar surface area (TPSA) is 38.4 Å². The van der Waals surface area contributed by atoms with Crippen LogP contribution in [0.4, 0.5) is 0 Å². The van der Waals surface area contributed by atoms with Crippen LogP contribution in [0.5, 0.6) is 0 Å². The van der Waals surface area contributed by atoms with E-state index in [1.54, 1.807) is 0 Å². The summed E-state index contributed by atoms with van der Waals surface area (Å²) in [5.41, 5.74) is 9.66. The molecule has 19 heavy (non-hydrogen) atoms. The summed E-state index contributed by atoms with van der Waals surface area (Å²) < 4.78 is 0. The summed E-state index contributed by atoms with van der Waals surface area (Å²) in [5.74, 6) is 0.879. The van der Waals surface area contributed by atoms with Crippen LogP contribution < -0.4 is 5.73 Å². The lowest BCUT2D eigenvalue weighted by molar-refractivity contribution is 0.400. The summed E-state index contributed by atoms with van der Waals surface area (Å²) >= 11 is 0. The number of hydrogen-bond acceptors (Lipinski definition) is 2. The van der Waals surface area contributed by atoms with E-state index in [2.05, 4.69) is 31.5 Å². The molecule has 1 atom stereocenters. The van der Waals surface area contributed by atoms with Gasteiger partial charge in [0.15, 0.2) is 0 Å². The first-order chi connectivity index (χ1) is 9.10. The van der Waals surface area contributed by atoms with E-state index in [9.17, 15) is 0 Å². The molecule has 0 saturated heterocycles. The molecule has 0 radical (unpaired) electrons. The van der Waals surface area contributed by atoms with Crippen LogP contribution in [0.3, 0.4) is 0 Å². The number of hydrogen-bond donors (Lipinski definition) is 1. The lowest BCUT2D eigenvalue weighted by Crippen LogP contribution is -2.19. The fourth-order valence-corrected chi connectivity index (χ4v) is 2.85. The maximum Gasteiger partial charge on any atom is 0.0430 e. The SMILES string of the molecule is C=C(CCC)C(C)C(C=C(N)C1CCCCC1)=NC. The summed E-state index contributed by atoms with van der Waals surface area (Å²) in [6.45, 7) is 8.55. The van der Waals surface area contributed by atoms with Crippen molar-refractivity contribution in [3.63, 3.8) is 0 Å². The molecule has 0 heterocycles. The maximum atomic E-state index is 6.29. The number of rotatable bonds is 6. The molecule has 0 aromatic rings. The van der Waals surface area contributed by atoms with Gasteiger partial charge in [0.05, 0.1) is 0 Å². The van der Waals surface area contributed by atoms with Gasteiger partial charge in [-0.25, -0.2) is 0 Å². The highest BCUT2D eigenvalue weighted by Crippen LogP contribution is 2.28. The van der Waals surface area contributed by atoms with E-state index < -0.39 is 0 Å². The Kier molecular flexibility index (Phi) is 6.90. The highest BCUT2D eigenvalue weighted by molar-refractivity contribution is 5.98. The molecular formula is C17H30N2. The monoisotopic (exact) mass is 262 g/mol. The predicted octanol–water partition coefficient (Wildman–Crippen LogP) is 4.47. The van der Waals surface area contributed by atoms with E-state index in [-0.39, 0.29) is 0 Å². The van der Waals surface area contributed by atoms with Crippen molar-refractivity contribution in [2.45, 2.75) is 58.8 Å². The largest absolute Gasteiger partial charge is 0.402 e. The van der Waals surface area contributed by atoms with E-state index in [0.29, 0.717) is 11.8 Å². The second-order valence-electron chi connectivity index (χ2n) is 5.76. The average Bonchev–Trinajstić information content (AvgIpc) is 2.45. The number of nitrogens with two attached hydrogens (primary N) is 1. The zero-order valence-corrected chi connectivity index (χ0v) is 12.9. The van der Waals surface area contributed by atoms with Gasteiger partial charge >= 0.3 is 0 Å². The van der Waals surface area contributed by atoms with Gasteiger partial charge in [0.2, 0.25) is 0 Å². The first kappa shape index (κ1) is 16.0. The quantitative estimate of drug-likeness (QED) is 0.556.